The van der Waals surface area contributed by atoms with Crippen LogP contribution in [0.3, 0.4) is 0 Å². The highest BCUT2D eigenvalue weighted by atomic mass is 79.9. The molecule has 1 unspecified atom stereocenters. The minimum atomic E-state index is 0.314. The molecule has 1 atom stereocenters. The average Bonchev–Trinajstić information content (AvgIpc) is 2.94. The molecule has 0 aliphatic carbocycles. The van der Waals surface area contributed by atoms with Crippen molar-refractivity contribution < 1.29 is 0 Å². The van der Waals surface area contributed by atoms with Gasteiger partial charge in [0, 0.05) is 29.5 Å². The zero-order valence-electron chi connectivity index (χ0n) is 12.8. The number of halogens is 1. The van der Waals surface area contributed by atoms with E-state index in [1.54, 1.807) is 11.3 Å². The first kappa shape index (κ1) is 16.5. The highest BCUT2D eigenvalue weighted by Gasteiger charge is 2.12. The molecule has 0 saturated carbocycles. The second-order valence-corrected chi connectivity index (χ2v) is 6.97. The molecule has 114 valence electrons. The molecule has 0 aliphatic rings. The Kier molecular flexibility index (Phi) is 6.21. The van der Waals surface area contributed by atoms with Crippen molar-refractivity contribution in [2.45, 2.75) is 32.9 Å². The minimum absolute atomic E-state index is 0.314. The summed E-state index contributed by atoms with van der Waals surface area (Å²) in [6.07, 6.45) is 1.14. The lowest BCUT2D eigenvalue weighted by Crippen LogP contribution is -2.20. The summed E-state index contributed by atoms with van der Waals surface area (Å²) >= 11 is 5.22. The summed E-state index contributed by atoms with van der Waals surface area (Å²) in [4.78, 5) is 6.95. The summed E-state index contributed by atoms with van der Waals surface area (Å²) in [6, 6.07) is 8.72. The van der Waals surface area contributed by atoms with E-state index < -0.39 is 0 Å². The van der Waals surface area contributed by atoms with Crippen molar-refractivity contribution >= 4 is 32.4 Å². The first-order valence-corrected chi connectivity index (χ1v) is 8.91. The van der Waals surface area contributed by atoms with Gasteiger partial charge in [0.1, 0.15) is 0 Å². The van der Waals surface area contributed by atoms with E-state index >= 15 is 0 Å². The Morgan fingerprint density at radius 1 is 1.43 bits per heavy atom. The Morgan fingerprint density at radius 3 is 2.95 bits per heavy atom. The van der Waals surface area contributed by atoms with Crippen molar-refractivity contribution in [2.75, 3.05) is 18.5 Å². The summed E-state index contributed by atoms with van der Waals surface area (Å²) in [5.74, 6) is 0. The van der Waals surface area contributed by atoms with Gasteiger partial charge in [0.05, 0.1) is 5.69 Å². The van der Waals surface area contributed by atoms with Gasteiger partial charge in [0.25, 0.3) is 0 Å². The van der Waals surface area contributed by atoms with Crippen LogP contribution in [0.4, 0.5) is 5.13 Å². The maximum atomic E-state index is 4.75. The molecule has 1 aromatic carbocycles. The SMILES string of the molecule is CCCNC(C)c1csc(N(C)Cc2cccc(Br)c2)n1. The number of rotatable bonds is 7. The highest BCUT2D eigenvalue weighted by Crippen LogP contribution is 2.25. The highest BCUT2D eigenvalue weighted by molar-refractivity contribution is 9.10. The van der Waals surface area contributed by atoms with Crippen LogP contribution < -0.4 is 10.2 Å². The standard InChI is InChI=1S/C16H22BrN3S/c1-4-8-18-12(2)15-11-21-16(19-15)20(3)10-13-6-5-7-14(17)9-13/h5-7,9,11-12,18H,4,8,10H2,1-3H3. The fourth-order valence-corrected chi connectivity index (χ4v) is 3.42. The largest absolute Gasteiger partial charge is 0.347 e. The van der Waals surface area contributed by atoms with Crippen molar-refractivity contribution in [2.24, 2.45) is 0 Å². The van der Waals surface area contributed by atoms with Gasteiger partial charge in [-0.3, -0.25) is 0 Å². The monoisotopic (exact) mass is 367 g/mol. The molecule has 0 radical (unpaired) electrons. The van der Waals surface area contributed by atoms with Crippen LogP contribution in [0.15, 0.2) is 34.1 Å². The molecule has 0 spiro atoms. The van der Waals surface area contributed by atoms with Gasteiger partial charge < -0.3 is 10.2 Å². The van der Waals surface area contributed by atoms with Gasteiger partial charge in [-0.05, 0) is 37.6 Å². The summed E-state index contributed by atoms with van der Waals surface area (Å²) in [5, 5.41) is 6.70. The third kappa shape index (κ3) is 4.80. The van der Waals surface area contributed by atoms with Crippen molar-refractivity contribution in [1.29, 1.82) is 0 Å². The minimum Gasteiger partial charge on any atom is -0.347 e. The number of nitrogens with zero attached hydrogens (tertiary/aromatic N) is 2. The van der Waals surface area contributed by atoms with E-state index in [9.17, 15) is 0 Å². The van der Waals surface area contributed by atoms with Crippen LogP contribution in [0.2, 0.25) is 0 Å². The topological polar surface area (TPSA) is 28.2 Å². The van der Waals surface area contributed by atoms with E-state index in [0.717, 1.165) is 34.8 Å². The lowest BCUT2D eigenvalue weighted by atomic mass is 10.2. The van der Waals surface area contributed by atoms with Gasteiger partial charge in [0.2, 0.25) is 0 Å². The predicted octanol–water partition coefficient (Wildman–Crippen LogP) is 4.60. The Hall–Kier alpha value is -0.910. The van der Waals surface area contributed by atoms with Gasteiger partial charge in [-0.25, -0.2) is 4.98 Å². The van der Waals surface area contributed by atoms with Crippen molar-refractivity contribution in [3.8, 4) is 0 Å². The Labute approximate surface area is 139 Å². The van der Waals surface area contributed by atoms with Crippen LogP contribution in [-0.4, -0.2) is 18.6 Å². The van der Waals surface area contributed by atoms with Crippen LogP contribution >= 0.6 is 27.3 Å². The third-order valence-corrected chi connectivity index (χ3v) is 4.76. The van der Waals surface area contributed by atoms with Crippen LogP contribution in [0.1, 0.15) is 37.6 Å². The summed E-state index contributed by atoms with van der Waals surface area (Å²) in [6.45, 7) is 6.24. The fraction of sp³-hybridized carbons (Fsp3) is 0.438. The third-order valence-electron chi connectivity index (χ3n) is 3.29. The molecule has 21 heavy (non-hydrogen) atoms. The maximum Gasteiger partial charge on any atom is 0.185 e. The summed E-state index contributed by atoms with van der Waals surface area (Å²) in [7, 11) is 2.09. The van der Waals surface area contributed by atoms with Crippen LogP contribution in [0, 0.1) is 0 Å². The van der Waals surface area contributed by atoms with Gasteiger partial charge >= 0.3 is 0 Å². The number of benzene rings is 1. The second-order valence-electron chi connectivity index (χ2n) is 5.22. The molecule has 2 aromatic rings. The van der Waals surface area contributed by atoms with Crippen molar-refractivity contribution in [3.05, 3.63) is 45.4 Å². The summed E-state index contributed by atoms with van der Waals surface area (Å²) in [5.41, 5.74) is 2.41. The van der Waals surface area contributed by atoms with E-state index in [-0.39, 0.29) is 0 Å². The Morgan fingerprint density at radius 2 is 2.24 bits per heavy atom. The lowest BCUT2D eigenvalue weighted by molar-refractivity contribution is 0.561. The number of nitrogens with one attached hydrogen (secondary N) is 1. The molecule has 0 saturated heterocycles. The second kappa shape index (κ2) is 7.92. The molecule has 1 N–H and O–H groups in total. The smallest absolute Gasteiger partial charge is 0.185 e. The molecule has 1 aromatic heterocycles. The number of anilines is 1. The zero-order chi connectivity index (χ0) is 15.2. The molecule has 3 nitrogen and oxygen atoms in total. The first-order valence-electron chi connectivity index (χ1n) is 7.24. The number of aromatic nitrogens is 1. The zero-order valence-corrected chi connectivity index (χ0v) is 15.2. The predicted molar refractivity (Wildman–Crippen MR) is 95.1 cm³/mol. The van der Waals surface area contributed by atoms with Crippen molar-refractivity contribution in [1.82, 2.24) is 10.3 Å². The Balaban J connectivity index is 2.00. The molecule has 0 amide bonds. The molecule has 2 rings (SSSR count). The number of thiazole rings is 1. The number of hydrogen-bond donors (Lipinski definition) is 1. The molecule has 0 bridgehead atoms. The van der Waals surface area contributed by atoms with Gasteiger partial charge in [-0.1, -0.05) is 35.0 Å². The fourth-order valence-electron chi connectivity index (χ4n) is 2.09. The molecular formula is C16H22BrN3S. The average molecular weight is 368 g/mol. The van der Waals surface area contributed by atoms with E-state index in [4.69, 9.17) is 4.98 Å². The maximum absolute atomic E-state index is 4.75. The van der Waals surface area contributed by atoms with Crippen molar-refractivity contribution in [3.63, 3.8) is 0 Å². The first-order chi connectivity index (χ1) is 10.1. The van der Waals surface area contributed by atoms with Gasteiger partial charge in [-0.15, -0.1) is 11.3 Å². The Bertz CT molecular complexity index is 570. The summed E-state index contributed by atoms with van der Waals surface area (Å²) < 4.78 is 1.12. The van der Waals surface area contributed by atoms with Crippen LogP contribution in [0.5, 0.6) is 0 Å². The lowest BCUT2D eigenvalue weighted by Gasteiger charge is -2.16. The molecule has 0 fully saturated rings. The molecule has 5 heteroatoms. The normalized spacial score (nSPS) is 12.4. The van der Waals surface area contributed by atoms with Crippen LogP contribution in [0.25, 0.3) is 0 Å². The van der Waals surface area contributed by atoms with Gasteiger partial charge in [0.15, 0.2) is 5.13 Å². The molecule has 1 heterocycles. The van der Waals surface area contributed by atoms with E-state index in [0.29, 0.717) is 6.04 Å². The van der Waals surface area contributed by atoms with E-state index in [2.05, 4.69) is 70.6 Å². The van der Waals surface area contributed by atoms with E-state index in [1.165, 1.54) is 5.56 Å². The molecule has 0 aliphatic heterocycles. The van der Waals surface area contributed by atoms with E-state index in [1.807, 2.05) is 6.07 Å². The number of hydrogen-bond acceptors (Lipinski definition) is 4. The van der Waals surface area contributed by atoms with Crippen LogP contribution in [-0.2, 0) is 6.54 Å². The quantitative estimate of drug-likeness (QED) is 0.774. The molecular weight excluding hydrogens is 346 g/mol. The van der Waals surface area contributed by atoms with Gasteiger partial charge in [-0.2, -0.15) is 0 Å².